The molecule has 2 N–H and O–H groups in total. The molecule has 8 heteroatoms. The minimum atomic E-state index is -0.320. The van der Waals surface area contributed by atoms with Crippen LogP contribution in [0.4, 0.5) is 9.18 Å². The highest BCUT2D eigenvalue weighted by molar-refractivity contribution is 7.08. The number of benzene rings is 1. The third kappa shape index (κ3) is 4.13. The summed E-state index contributed by atoms with van der Waals surface area (Å²) in [7, 11) is 0. The van der Waals surface area contributed by atoms with Gasteiger partial charge in [0.25, 0.3) is 0 Å². The largest absolute Gasteiger partial charge is 0.334 e. The minimum Gasteiger partial charge on any atom is -0.334 e. The molecule has 0 fully saturated rings. The van der Waals surface area contributed by atoms with E-state index in [1.807, 2.05) is 16.8 Å². The Morgan fingerprint density at radius 3 is 2.70 bits per heavy atom. The first-order valence-corrected chi connectivity index (χ1v) is 7.85. The van der Waals surface area contributed by atoms with E-state index in [1.54, 1.807) is 34.3 Å². The lowest BCUT2D eigenvalue weighted by molar-refractivity contribution is 0.240. The van der Waals surface area contributed by atoms with Crippen LogP contribution in [0.15, 0.2) is 47.3 Å². The summed E-state index contributed by atoms with van der Waals surface area (Å²) in [5, 5.41) is 17.3. The van der Waals surface area contributed by atoms with Gasteiger partial charge in [0.2, 0.25) is 0 Å². The number of carbonyl (C=O) groups excluding carboxylic acids is 1. The van der Waals surface area contributed by atoms with Gasteiger partial charge in [-0.15, -0.1) is 5.10 Å². The molecule has 118 valence electrons. The van der Waals surface area contributed by atoms with E-state index in [0.29, 0.717) is 12.2 Å². The maximum absolute atomic E-state index is 12.8. The molecule has 0 unspecified atom stereocenters. The van der Waals surface area contributed by atoms with Gasteiger partial charge < -0.3 is 10.6 Å². The van der Waals surface area contributed by atoms with E-state index in [1.165, 1.54) is 12.1 Å². The predicted octanol–water partition coefficient (Wildman–Crippen LogP) is 2.47. The van der Waals surface area contributed by atoms with Gasteiger partial charge in [-0.25, -0.2) is 13.9 Å². The highest BCUT2D eigenvalue weighted by Gasteiger charge is 2.05. The Hall–Kier alpha value is -2.74. The van der Waals surface area contributed by atoms with Crippen molar-refractivity contribution in [2.24, 2.45) is 0 Å². The first-order chi connectivity index (χ1) is 11.2. The number of halogens is 1. The molecule has 3 rings (SSSR count). The fourth-order valence-electron chi connectivity index (χ4n) is 1.91. The van der Waals surface area contributed by atoms with Gasteiger partial charge in [0.15, 0.2) is 0 Å². The second kappa shape index (κ2) is 7.01. The van der Waals surface area contributed by atoms with Crippen LogP contribution in [0.25, 0.3) is 5.69 Å². The predicted molar refractivity (Wildman–Crippen MR) is 84.7 cm³/mol. The van der Waals surface area contributed by atoms with Gasteiger partial charge in [-0.1, -0.05) is 17.3 Å². The molecular weight excluding hydrogens is 317 g/mol. The third-order valence-corrected chi connectivity index (χ3v) is 3.78. The van der Waals surface area contributed by atoms with Crippen molar-refractivity contribution >= 4 is 17.4 Å². The summed E-state index contributed by atoms with van der Waals surface area (Å²) < 4.78 is 14.4. The zero-order chi connectivity index (χ0) is 16.1. The maximum atomic E-state index is 12.8. The second-order valence-electron chi connectivity index (χ2n) is 4.80. The Balaban J connectivity index is 1.46. The summed E-state index contributed by atoms with van der Waals surface area (Å²) in [5.74, 6) is -0.299. The van der Waals surface area contributed by atoms with Crippen molar-refractivity contribution < 1.29 is 9.18 Å². The monoisotopic (exact) mass is 331 g/mol. The van der Waals surface area contributed by atoms with Crippen LogP contribution in [0.1, 0.15) is 11.3 Å². The Labute approximate surface area is 136 Å². The molecular formula is C15H14FN5OS. The van der Waals surface area contributed by atoms with E-state index in [0.717, 1.165) is 11.3 Å². The number of nitrogens with one attached hydrogen (secondary N) is 2. The van der Waals surface area contributed by atoms with Crippen LogP contribution in [-0.4, -0.2) is 21.0 Å². The summed E-state index contributed by atoms with van der Waals surface area (Å²) in [4.78, 5) is 11.7. The van der Waals surface area contributed by atoms with E-state index >= 15 is 0 Å². The van der Waals surface area contributed by atoms with Gasteiger partial charge in [0.05, 0.1) is 18.4 Å². The molecule has 0 atom stereocenters. The normalized spacial score (nSPS) is 10.5. The number of carbonyl (C=O) groups is 1. The van der Waals surface area contributed by atoms with Crippen molar-refractivity contribution in [1.82, 2.24) is 25.6 Å². The van der Waals surface area contributed by atoms with Crippen molar-refractivity contribution in [2.75, 3.05) is 0 Å². The lowest BCUT2D eigenvalue weighted by Crippen LogP contribution is -2.34. The number of rotatable bonds is 5. The molecule has 0 saturated heterocycles. The summed E-state index contributed by atoms with van der Waals surface area (Å²) in [6.07, 6.45) is 1.77. The Bertz CT molecular complexity index is 770. The molecule has 6 nitrogen and oxygen atoms in total. The molecule has 0 aliphatic heterocycles. The number of hydrogen-bond donors (Lipinski definition) is 2. The van der Waals surface area contributed by atoms with Crippen molar-refractivity contribution in [3.05, 3.63) is 64.4 Å². The standard InChI is InChI=1S/C15H14FN5OS/c16-12-3-1-11(2-4-12)7-17-15(22)18-8-13-9-21(20-19-13)14-5-6-23-10-14/h1-6,9-10H,7-8H2,(H2,17,18,22). The van der Waals surface area contributed by atoms with Crippen LogP contribution in [0.2, 0.25) is 0 Å². The van der Waals surface area contributed by atoms with Gasteiger partial charge in [-0.3, -0.25) is 0 Å². The molecule has 2 amide bonds. The highest BCUT2D eigenvalue weighted by Crippen LogP contribution is 2.10. The number of aromatic nitrogens is 3. The Morgan fingerprint density at radius 1 is 1.17 bits per heavy atom. The van der Waals surface area contributed by atoms with E-state index in [2.05, 4.69) is 20.9 Å². The maximum Gasteiger partial charge on any atom is 0.315 e. The number of hydrogen-bond acceptors (Lipinski definition) is 4. The quantitative estimate of drug-likeness (QED) is 0.754. The summed E-state index contributed by atoms with van der Waals surface area (Å²) in [6, 6.07) is 7.59. The van der Waals surface area contributed by atoms with Crippen LogP contribution >= 0.6 is 11.3 Å². The zero-order valence-electron chi connectivity index (χ0n) is 12.1. The molecule has 0 bridgehead atoms. The van der Waals surface area contributed by atoms with E-state index in [9.17, 15) is 9.18 Å². The van der Waals surface area contributed by atoms with Gasteiger partial charge in [-0.05, 0) is 29.1 Å². The third-order valence-electron chi connectivity index (χ3n) is 3.11. The summed E-state index contributed by atoms with van der Waals surface area (Å²) >= 11 is 1.58. The van der Waals surface area contributed by atoms with Gasteiger partial charge in [-0.2, -0.15) is 11.3 Å². The van der Waals surface area contributed by atoms with Crippen molar-refractivity contribution in [2.45, 2.75) is 13.1 Å². The fourth-order valence-corrected chi connectivity index (χ4v) is 2.53. The highest BCUT2D eigenvalue weighted by atomic mass is 32.1. The SMILES string of the molecule is O=C(NCc1ccc(F)cc1)NCc1cn(-c2ccsc2)nn1. The molecule has 23 heavy (non-hydrogen) atoms. The minimum absolute atomic E-state index is 0.277. The first-order valence-electron chi connectivity index (χ1n) is 6.90. The molecule has 2 heterocycles. The summed E-state index contributed by atoms with van der Waals surface area (Å²) in [6.45, 7) is 0.604. The molecule has 0 radical (unpaired) electrons. The zero-order valence-corrected chi connectivity index (χ0v) is 12.9. The molecule has 3 aromatic rings. The fraction of sp³-hybridized carbons (Fsp3) is 0.133. The number of urea groups is 1. The summed E-state index contributed by atoms with van der Waals surface area (Å²) in [5.41, 5.74) is 2.42. The number of thiophene rings is 1. The van der Waals surface area contributed by atoms with E-state index < -0.39 is 0 Å². The van der Waals surface area contributed by atoms with Crippen LogP contribution in [0, 0.1) is 5.82 Å². The van der Waals surface area contributed by atoms with Crippen molar-refractivity contribution in [3.63, 3.8) is 0 Å². The van der Waals surface area contributed by atoms with Crippen LogP contribution in [0.3, 0.4) is 0 Å². The molecule has 0 aliphatic rings. The molecule has 0 aliphatic carbocycles. The van der Waals surface area contributed by atoms with Gasteiger partial charge in [0, 0.05) is 11.9 Å². The first kappa shape index (κ1) is 15.2. The Morgan fingerprint density at radius 2 is 1.96 bits per heavy atom. The molecule has 0 saturated carbocycles. The number of amides is 2. The van der Waals surface area contributed by atoms with Crippen LogP contribution in [-0.2, 0) is 13.1 Å². The molecule has 0 spiro atoms. The molecule has 1 aromatic carbocycles. The van der Waals surface area contributed by atoms with E-state index in [-0.39, 0.29) is 18.4 Å². The van der Waals surface area contributed by atoms with Crippen LogP contribution in [0.5, 0.6) is 0 Å². The average Bonchev–Trinajstić information content (AvgIpc) is 3.23. The number of nitrogens with zero attached hydrogens (tertiary/aromatic N) is 3. The van der Waals surface area contributed by atoms with E-state index in [4.69, 9.17) is 0 Å². The van der Waals surface area contributed by atoms with Crippen molar-refractivity contribution in [1.29, 1.82) is 0 Å². The van der Waals surface area contributed by atoms with Gasteiger partial charge >= 0.3 is 6.03 Å². The molecule has 2 aromatic heterocycles. The van der Waals surface area contributed by atoms with Gasteiger partial charge in [0.1, 0.15) is 11.5 Å². The Kier molecular flexibility index (Phi) is 4.62. The lowest BCUT2D eigenvalue weighted by Gasteiger charge is -2.06. The lowest BCUT2D eigenvalue weighted by atomic mass is 10.2. The van der Waals surface area contributed by atoms with Crippen LogP contribution < -0.4 is 10.6 Å². The second-order valence-corrected chi connectivity index (χ2v) is 5.58. The van der Waals surface area contributed by atoms with Crippen molar-refractivity contribution in [3.8, 4) is 5.69 Å². The average molecular weight is 331 g/mol. The topological polar surface area (TPSA) is 71.8 Å². The smallest absolute Gasteiger partial charge is 0.315 e.